The van der Waals surface area contributed by atoms with Gasteiger partial charge in [0.05, 0.1) is 11.2 Å². The number of nitrogens with one attached hydrogen (secondary N) is 1. The maximum atomic E-state index is 5.86. The maximum absolute atomic E-state index is 5.86. The number of pyridine rings is 1. The van der Waals surface area contributed by atoms with E-state index in [2.05, 4.69) is 41.5 Å². The summed E-state index contributed by atoms with van der Waals surface area (Å²) in [6.45, 7) is 4.67. The molecule has 1 aromatic heterocycles. The third-order valence-corrected chi connectivity index (χ3v) is 3.16. The van der Waals surface area contributed by atoms with E-state index in [1.807, 2.05) is 0 Å². The number of hydrogen-bond acceptors (Lipinski definition) is 3. The van der Waals surface area contributed by atoms with Crippen LogP contribution in [0.15, 0.2) is 42.7 Å². The lowest BCUT2D eigenvalue weighted by atomic mass is 10.1. The quantitative estimate of drug-likeness (QED) is 0.793. The van der Waals surface area contributed by atoms with Crippen molar-refractivity contribution < 1.29 is 4.74 Å². The first-order chi connectivity index (χ1) is 9.78. The lowest BCUT2D eigenvalue weighted by Crippen LogP contribution is -2.15. The molecule has 0 aliphatic carbocycles. The zero-order chi connectivity index (χ0) is 14.2. The van der Waals surface area contributed by atoms with E-state index in [1.54, 1.807) is 18.5 Å². The number of benzene rings is 1. The van der Waals surface area contributed by atoms with Crippen molar-refractivity contribution in [2.75, 3.05) is 13.1 Å². The Morgan fingerprint density at radius 2 is 1.90 bits per heavy atom. The summed E-state index contributed by atoms with van der Waals surface area (Å²) >= 11 is 5.86. The van der Waals surface area contributed by atoms with Crippen LogP contribution in [-0.4, -0.2) is 18.1 Å². The molecule has 0 radical (unpaired) electrons. The van der Waals surface area contributed by atoms with E-state index >= 15 is 0 Å². The molecule has 1 aromatic carbocycles. The molecule has 0 fully saturated rings. The van der Waals surface area contributed by atoms with Gasteiger partial charge in [-0.2, -0.15) is 0 Å². The fraction of sp³-hybridized carbons (Fsp3) is 0.312. The minimum atomic E-state index is 0.523. The molecule has 3 nitrogen and oxygen atoms in total. The molecule has 106 valence electrons. The van der Waals surface area contributed by atoms with E-state index in [4.69, 9.17) is 16.3 Å². The SMILES string of the molecule is CCNCCc1ccc(COc2cncc(Cl)c2)cc1. The van der Waals surface area contributed by atoms with Crippen LogP contribution >= 0.6 is 11.6 Å². The average molecular weight is 291 g/mol. The smallest absolute Gasteiger partial charge is 0.139 e. The van der Waals surface area contributed by atoms with Crippen molar-refractivity contribution >= 4 is 11.6 Å². The van der Waals surface area contributed by atoms with Crippen molar-refractivity contribution in [1.29, 1.82) is 0 Å². The maximum Gasteiger partial charge on any atom is 0.139 e. The van der Waals surface area contributed by atoms with Crippen molar-refractivity contribution in [1.82, 2.24) is 10.3 Å². The Kier molecular flexibility index (Phi) is 5.84. The van der Waals surface area contributed by atoms with Crippen molar-refractivity contribution in [3.8, 4) is 5.75 Å². The molecular formula is C16H19ClN2O. The third-order valence-electron chi connectivity index (χ3n) is 2.95. The molecular weight excluding hydrogens is 272 g/mol. The first kappa shape index (κ1) is 14.8. The molecule has 0 atom stereocenters. The molecule has 0 spiro atoms. The lowest BCUT2D eigenvalue weighted by Gasteiger charge is -2.07. The van der Waals surface area contributed by atoms with Crippen LogP contribution in [0.5, 0.6) is 5.75 Å². The van der Waals surface area contributed by atoms with E-state index in [0.29, 0.717) is 17.4 Å². The first-order valence-corrected chi connectivity index (χ1v) is 7.17. The van der Waals surface area contributed by atoms with Gasteiger partial charge in [-0.25, -0.2) is 0 Å². The van der Waals surface area contributed by atoms with Gasteiger partial charge in [-0.05, 0) is 30.6 Å². The van der Waals surface area contributed by atoms with Gasteiger partial charge in [0, 0.05) is 12.3 Å². The average Bonchev–Trinajstić information content (AvgIpc) is 2.47. The Balaban J connectivity index is 1.84. The predicted molar refractivity (Wildman–Crippen MR) is 82.3 cm³/mol. The topological polar surface area (TPSA) is 34.1 Å². The highest BCUT2D eigenvalue weighted by Gasteiger charge is 1.99. The van der Waals surface area contributed by atoms with E-state index in [0.717, 1.165) is 25.1 Å². The van der Waals surface area contributed by atoms with Crippen LogP contribution < -0.4 is 10.1 Å². The van der Waals surface area contributed by atoms with Crippen LogP contribution in [0.2, 0.25) is 5.02 Å². The highest BCUT2D eigenvalue weighted by Crippen LogP contribution is 2.16. The highest BCUT2D eigenvalue weighted by molar-refractivity contribution is 6.30. The molecule has 20 heavy (non-hydrogen) atoms. The minimum absolute atomic E-state index is 0.523. The summed E-state index contributed by atoms with van der Waals surface area (Å²) in [5, 5.41) is 3.90. The van der Waals surface area contributed by atoms with Gasteiger partial charge in [-0.3, -0.25) is 4.98 Å². The van der Waals surface area contributed by atoms with Gasteiger partial charge in [0.25, 0.3) is 0 Å². The monoisotopic (exact) mass is 290 g/mol. The summed E-state index contributed by atoms with van der Waals surface area (Å²) in [6.07, 6.45) is 4.30. The van der Waals surface area contributed by atoms with Gasteiger partial charge in [-0.1, -0.05) is 42.8 Å². The van der Waals surface area contributed by atoms with Crippen LogP contribution in [0.4, 0.5) is 0 Å². The molecule has 2 aromatic rings. The summed E-state index contributed by atoms with van der Waals surface area (Å²) in [5.41, 5.74) is 2.47. The van der Waals surface area contributed by atoms with Crippen molar-refractivity contribution in [2.45, 2.75) is 20.0 Å². The van der Waals surface area contributed by atoms with Crippen LogP contribution in [0.1, 0.15) is 18.1 Å². The third kappa shape index (κ3) is 4.83. The Labute approximate surface area is 124 Å². The molecule has 0 aliphatic heterocycles. The number of hydrogen-bond donors (Lipinski definition) is 1. The van der Waals surface area contributed by atoms with Gasteiger partial charge < -0.3 is 10.1 Å². The number of likely N-dealkylation sites (N-methyl/N-ethyl adjacent to an activating group) is 1. The first-order valence-electron chi connectivity index (χ1n) is 6.80. The largest absolute Gasteiger partial charge is 0.487 e. The Bertz CT molecular complexity index is 528. The normalized spacial score (nSPS) is 10.5. The Hall–Kier alpha value is -1.58. The number of ether oxygens (including phenoxy) is 1. The molecule has 1 heterocycles. The summed E-state index contributed by atoms with van der Waals surface area (Å²) in [5.74, 6) is 0.689. The molecule has 0 aliphatic rings. The molecule has 0 saturated carbocycles. The fourth-order valence-corrected chi connectivity index (χ4v) is 2.01. The van der Waals surface area contributed by atoms with Gasteiger partial charge in [0.2, 0.25) is 0 Å². The van der Waals surface area contributed by atoms with E-state index < -0.39 is 0 Å². The summed E-state index contributed by atoms with van der Waals surface area (Å²) in [6, 6.07) is 10.2. The molecule has 0 saturated heterocycles. The number of aromatic nitrogens is 1. The standard InChI is InChI=1S/C16H19ClN2O/c1-2-18-8-7-13-3-5-14(6-4-13)12-20-16-9-15(17)10-19-11-16/h3-6,9-11,18H,2,7-8,12H2,1H3. The van der Waals surface area contributed by atoms with E-state index in [-0.39, 0.29) is 0 Å². The van der Waals surface area contributed by atoms with E-state index in [9.17, 15) is 0 Å². The number of rotatable bonds is 7. The molecule has 0 unspecified atom stereocenters. The second-order valence-electron chi connectivity index (χ2n) is 4.55. The summed E-state index contributed by atoms with van der Waals surface area (Å²) < 4.78 is 5.65. The minimum Gasteiger partial charge on any atom is -0.487 e. The molecule has 1 N–H and O–H groups in total. The fourth-order valence-electron chi connectivity index (χ4n) is 1.85. The van der Waals surface area contributed by atoms with Gasteiger partial charge in [-0.15, -0.1) is 0 Å². The highest BCUT2D eigenvalue weighted by atomic mass is 35.5. The summed E-state index contributed by atoms with van der Waals surface area (Å²) in [7, 11) is 0. The molecule has 4 heteroatoms. The summed E-state index contributed by atoms with van der Waals surface area (Å²) in [4.78, 5) is 3.99. The van der Waals surface area contributed by atoms with Crippen molar-refractivity contribution in [2.24, 2.45) is 0 Å². The molecule has 0 bridgehead atoms. The Morgan fingerprint density at radius 3 is 2.60 bits per heavy atom. The lowest BCUT2D eigenvalue weighted by molar-refractivity contribution is 0.305. The van der Waals surface area contributed by atoms with Crippen LogP contribution in [0, 0.1) is 0 Å². The van der Waals surface area contributed by atoms with Crippen LogP contribution in [-0.2, 0) is 13.0 Å². The van der Waals surface area contributed by atoms with E-state index in [1.165, 1.54) is 5.56 Å². The number of halogens is 1. The zero-order valence-corrected chi connectivity index (χ0v) is 12.4. The predicted octanol–water partition coefficient (Wildman–Crippen LogP) is 3.47. The van der Waals surface area contributed by atoms with Gasteiger partial charge in [0.15, 0.2) is 0 Å². The number of nitrogens with zero attached hydrogens (tertiary/aromatic N) is 1. The van der Waals surface area contributed by atoms with Crippen molar-refractivity contribution in [3.63, 3.8) is 0 Å². The van der Waals surface area contributed by atoms with Gasteiger partial charge >= 0.3 is 0 Å². The molecule has 2 rings (SSSR count). The van der Waals surface area contributed by atoms with Crippen LogP contribution in [0.25, 0.3) is 0 Å². The van der Waals surface area contributed by atoms with Gasteiger partial charge in [0.1, 0.15) is 12.4 Å². The second kappa shape index (κ2) is 7.88. The zero-order valence-electron chi connectivity index (χ0n) is 11.6. The van der Waals surface area contributed by atoms with Crippen molar-refractivity contribution in [3.05, 3.63) is 58.9 Å². The molecule has 0 amide bonds. The Morgan fingerprint density at radius 1 is 1.15 bits per heavy atom. The second-order valence-corrected chi connectivity index (χ2v) is 4.98. The van der Waals surface area contributed by atoms with Crippen LogP contribution in [0.3, 0.4) is 0 Å².